The molecule has 0 fully saturated rings. The Morgan fingerprint density at radius 2 is 0.554 bits per heavy atom. The fraction of sp³-hybridized carbons (Fsp3) is 0.0118. The highest BCUT2D eigenvalue weighted by Crippen LogP contribution is 2.49. The van der Waals surface area contributed by atoms with Gasteiger partial charge in [-0.05, 0) is 158 Å². The van der Waals surface area contributed by atoms with E-state index in [1.165, 1.54) is 27.1 Å². The van der Waals surface area contributed by atoms with Crippen LogP contribution >= 0.6 is 15.9 Å². The van der Waals surface area contributed by atoms with Gasteiger partial charge in [0.2, 0.25) is 0 Å². The average molecular weight is 1250 g/mol. The summed E-state index contributed by atoms with van der Waals surface area (Å²) in [6, 6.07) is 132. The second-order valence-electron chi connectivity index (χ2n) is 21.9. The maximum absolute atomic E-state index is 3.75. The molecule has 0 aliphatic carbocycles. The van der Waals surface area contributed by atoms with Crippen molar-refractivity contribution in [3.8, 4) is 5.69 Å². The minimum absolute atomic E-state index is 0. The molecule has 2 aromatic heterocycles. The molecule has 0 saturated heterocycles. The molecule has 14 aromatic carbocycles. The van der Waals surface area contributed by atoms with Crippen molar-refractivity contribution in [1.29, 1.82) is 0 Å². The van der Waals surface area contributed by atoms with Gasteiger partial charge in [0, 0.05) is 94.1 Å². The van der Waals surface area contributed by atoms with E-state index in [1.807, 2.05) is 30.3 Å². The van der Waals surface area contributed by atoms with E-state index in [-0.39, 0.29) is 7.43 Å². The first-order valence-corrected chi connectivity index (χ1v) is 31.4. The lowest BCUT2D eigenvalue weighted by Crippen LogP contribution is -2.14. The molecule has 0 aliphatic heterocycles. The zero-order chi connectivity index (χ0) is 61.1. The number of hydrogen-bond donors (Lipinski definition) is 1. The van der Waals surface area contributed by atoms with Crippen molar-refractivity contribution in [1.82, 2.24) is 9.55 Å². The van der Waals surface area contributed by atoms with Crippen molar-refractivity contribution in [3.05, 3.63) is 381 Å². The third-order valence-corrected chi connectivity index (χ3v) is 16.7. The Morgan fingerprint density at radius 3 is 0.946 bits per heavy atom. The van der Waals surface area contributed by atoms with E-state index in [0.29, 0.717) is 0 Å². The van der Waals surface area contributed by atoms with Gasteiger partial charge < -0.3 is 29.2 Å². The fourth-order valence-electron chi connectivity index (χ4n) is 12.2. The van der Waals surface area contributed by atoms with Gasteiger partial charge in [-0.25, -0.2) is 0 Å². The predicted molar refractivity (Wildman–Crippen MR) is 396 cm³/mol. The first-order chi connectivity index (χ1) is 45.1. The molecule has 0 amide bonds. The van der Waals surface area contributed by atoms with Gasteiger partial charge in [0.1, 0.15) is 0 Å². The number of hydrogen-bond acceptors (Lipinski definition) is 4. The Morgan fingerprint density at radius 1 is 0.250 bits per heavy atom. The number of nitrogens with one attached hydrogen (secondary N) is 1. The Balaban J connectivity index is 0.000000151. The van der Waals surface area contributed by atoms with Crippen LogP contribution in [0.1, 0.15) is 7.43 Å². The first kappa shape index (κ1) is 59.3. The van der Waals surface area contributed by atoms with Crippen molar-refractivity contribution in [2.45, 2.75) is 7.43 Å². The number of anilines is 12. The standard InChI is InChI=1S/C42H31N3.C36H27N3.C6H5Br.CH4/c1-6-18-32(19-7-1)43(33-20-8-2-9-21-33)37-30-39-38-28-16-17-29-40(38)45(36-26-14-5-15-27-36)42(39)41(31-37)44(34-22-10-3-11-23-34)35-24-12-4-13-25-35;1-5-15-27(16-6-1)38(28-17-7-2-8-18-28)31-25-33-32-23-13-14-24-34(32)37-36(33)35(26-31)39(29-19-9-3-10-20-29)30-21-11-4-12-22-30;7-6-4-2-1-3-5-6;/h1-31H;1-26,37H;1-5H;1H4. The predicted octanol–water partition coefficient (Wildman–Crippen LogP) is 25.1. The van der Waals surface area contributed by atoms with Gasteiger partial charge in [-0.15, -0.1) is 0 Å². The van der Waals surface area contributed by atoms with Crippen LogP contribution in [0.4, 0.5) is 68.2 Å². The average Bonchev–Trinajstić information content (AvgIpc) is 1.56. The quantitative estimate of drug-likeness (QED) is 0.125. The minimum Gasteiger partial charge on any atom is -0.353 e. The molecule has 92 heavy (non-hydrogen) atoms. The summed E-state index contributed by atoms with van der Waals surface area (Å²) >= 11 is 3.31. The highest BCUT2D eigenvalue weighted by molar-refractivity contribution is 9.10. The van der Waals surface area contributed by atoms with Crippen LogP contribution in [0.3, 0.4) is 0 Å². The number of benzene rings is 14. The van der Waals surface area contributed by atoms with E-state index in [1.54, 1.807) is 0 Å². The molecule has 444 valence electrons. The Bertz CT molecular complexity index is 4820. The molecule has 0 spiro atoms. The van der Waals surface area contributed by atoms with Crippen LogP contribution in [0.25, 0.3) is 49.3 Å². The topological polar surface area (TPSA) is 33.7 Å². The number of aromatic amines is 1. The van der Waals surface area contributed by atoms with Gasteiger partial charge in [-0.2, -0.15) is 0 Å². The molecule has 16 rings (SSSR count). The maximum atomic E-state index is 3.75. The van der Waals surface area contributed by atoms with Crippen LogP contribution in [0.5, 0.6) is 0 Å². The number of rotatable bonds is 13. The number of H-pyrrole nitrogens is 1. The normalized spacial score (nSPS) is 10.8. The summed E-state index contributed by atoms with van der Waals surface area (Å²) in [6.07, 6.45) is 0. The van der Waals surface area contributed by atoms with Crippen molar-refractivity contribution in [3.63, 3.8) is 0 Å². The van der Waals surface area contributed by atoms with Crippen LogP contribution < -0.4 is 19.6 Å². The zero-order valence-corrected chi connectivity index (χ0v) is 51.5. The SMILES string of the molecule is Brc1ccccc1.C.c1ccc(N(c2ccccc2)c2cc(N(c3ccccc3)c3ccccc3)c3[nH]c4ccccc4c3c2)cc1.c1ccc(N(c2ccccc2)c2cc(N(c3ccccc3)c3ccccc3)c3c(c2)c2ccccc2n3-c2ccccc2)cc1. The lowest BCUT2D eigenvalue weighted by Gasteiger charge is -2.30. The Labute approximate surface area is 547 Å². The van der Waals surface area contributed by atoms with Gasteiger partial charge in [0.05, 0.1) is 27.9 Å². The summed E-state index contributed by atoms with van der Waals surface area (Å²) in [5.41, 5.74) is 18.9. The smallest absolute Gasteiger partial charge is 0.0783 e. The third-order valence-electron chi connectivity index (χ3n) is 16.2. The Kier molecular flexibility index (Phi) is 17.9. The van der Waals surface area contributed by atoms with E-state index in [2.05, 4.69) is 391 Å². The maximum Gasteiger partial charge on any atom is 0.0783 e. The van der Waals surface area contributed by atoms with Gasteiger partial charge in [-0.3, -0.25) is 0 Å². The molecule has 0 atom stereocenters. The number of nitrogens with zero attached hydrogens (tertiary/aromatic N) is 5. The molecule has 0 radical (unpaired) electrons. The summed E-state index contributed by atoms with van der Waals surface area (Å²) in [7, 11) is 0. The molecule has 6 nitrogen and oxygen atoms in total. The molecule has 1 N–H and O–H groups in total. The van der Waals surface area contributed by atoms with Crippen LogP contribution in [-0.2, 0) is 0 Å². The minimum atomic E-state index is 0. The summed E-state index contributed by atoms with van der Waals surface area (Å²) in [6.45, 7) is 0. The van der Waals surface area contributed by atoms with Crippen molar-refractivity contribution in [2.24, 2.45) is 0 Å². The van der Waals surface area contributed by atoms with Gasteiger partial charge >= 0.3 is 0 Å². The number of halogens is 1. The van der Waals surface area contributed by atoms with Crippen molar-refractivity contribution >= 4 is 128 Å². The molecule has 0 aliphatic rings. The highest BCUT2D eigenvalue weighted by Gasteiger charge is 2.26. The molecular weight excluding hydrogens is 1180 g/mol. The molecule has 16 aromatic rings. The molecule has 2 heterocycles. The van der Waals surface area contributed by atoms with E-state index in [4.69, 9.17) is 0 Å². The lowest BCUT2D eigenvalue weighted by molar-refractivity contribution is 1.16. The van der Waals surface area contributed by atoms with Crippen molar-refractivity contribution < 1.29 is 0 Å². The Hall–Kier alpha value is -11.6. The van der Waals surface area contributed by atoms with E-state index in [0.717, 1.165) is 95.0 Å². The summed E-state index contributed by atoms with van der Waals surface area (Å²) in [4.78, 5) is 13.2. The number of aromatic nitrogens is 2. The highest BCUT2D eigenvalue weighted by atomic mass is 79.9. The monoisotopic (exact) mass is 1250 g/mol. The fourth-order valence-corrected chi connectivity index (χ4v) is 12.5. The molecule has 0 saturated carbocycles. The zero-order valence-electron chi connectivity index (χ0n) is 49.9. The largest absolute Gasteiger partial charge is 0.353 e. The van der Waals surface area contributed by atoms with Crippen LogP contribution in [0.15, 0.2) is 381 Å². The van der Waals surface area contributed by atoms with Gasteiger partial charge in [0.15, 0.2) is 0 Å². The van der Waals surface area contributed by atoms with Crippen LogP contribution in [-0.4, -0.2) is 9.55 Å². The van der Waals surface area contributed by atoms with Crippen molar-refractivity contribution in [2.75, 3.05) is 19.6 Å². The van der Waals surface area contributed by atoms with Gasteiger partial charge in [0.25, 0.3) is 0 Å². The molecule has 0 unspecified atom stereocenters. The second kappa shape index (κ2) is 27.8. The van der Waals surface area contributed by atoms with E-state index < -0.39 is 0 Å². The molecular formula is C85H67BrN6. The van der Waals surface area contributed by atoms with Crippen LogP contribution in [0.2, 0.25) is 0 Å². The lowest BCUT2D eigenvalue weighted by atomic mass is 10.1. The summed E-state index contributed by atoms with van der Waals surface area (Å²) < 4.78 is 3.55. The van der Waals surface area contributed by atoms with E-state index >= 15 is 0 Å². The number of para-hydroxylation sites is 11. The molecule has 7 heteroatoms. The van der Waals surface area contributed by atoms with Crippen LogP contribution in [0, 0.1) is 0 Å². The summed E-state index contributed by atoms with van der Waals surface area (Å²) in [5, 5.41) is 4.79. The van der Waals surface area contributed by atoms with Gasteiger partial charge in [-0.1, -0.05) is 242 Å². The summed E-state index contributed by atoms with van der Waals surface area (Å²) in [5.74, 6) is 0. The van der Waals surface area contributed by atoms with E-state index in [9.17, 15) is 0 Å². The first-order valence-electron chi connectivity index (χ1n) is 30.6. The third kappa shape index (κ3) is 12.4. The number of fused-ring (bicyclic) bond motifs is 6. The second-order valence-corrected chi connectivity index (χ2v) is 22.8. The molecule has 0 bridgehead atoms.